The number of nitrogens with zero attached hydrogens (tertiary/aromatic N) is 2. The molecular weight excluding hydrogens is 188 g/mol. The molecule has 0 fully saturated rings. The largest absolute Gasteiger partial charge is 0.350 e. The molecule has 0 radical (unpaired) electrons. The molecule has 8 heteroatoms. The molecule has 0 aromatic heterocycles. The van der Waals surface area contributed by atoms with E-state index in [2.05, 4.69) is 10.2 Å². The number of primary amides is 2. The summed E-state index contributed by atoms with van der Waals surface area (Å²) in [5, 5.41) is 7.14. The molecule has 0 saturated heterocycles. The number of carbonyl (C=O) groups excluding carboxylic acids is 2. The second-order valence-corrected chi connectivity index (χ2v) is 2.35. The smallest absolute Gasteiger partial charge is 0.332 e. The van der Waals surface area contributed by atoms with Crippen LogP contribution in [0.3, 0.4) is 0 Å². The number of nitrogens with one attached hydrogen (secondary N) is 2. The molecule has 0 aromatic carbocycles. The van der Waals surface area contributed by atoms with Crippen LogP contribution in [0.2, 0.25) is 0 Å². The molecule has 0 aliphatic carbocycles. The van der Waals surface area contributed by atoms with Crippen molar-refractivity contribution < 1.29 is 9.59 Å². The zero-order valence-electron chi connectivity index (χ0n) is 7.87. The minimum Gasteiger partial charge on any atom is -0.350 e. The topological polar surface area (TPSA) is 135 Å². The third-order valence-corrected chi connectivity index (χ3v) is 1.19. The summed E-state index contributed by atoms with van der Waals surface area (Å²) >= 11 is 0. The predicted molar refractivity (Wildman–Crippen MR) is 51.7 cm³/mol. The summed E-state index contributed by atoms with van der Waals surface area (Å²) < 4.78 is 0. The van der Waals surface area contributed by atoms with E-state index in [1.54, 1.807) is 13.8 Å². The maximum Gasteiger partial charge on any atom is 0.332 e. The molecule has 0 rings (SSSR count). The number of carbonyl (C=O) groups is 2. The number of hydrogen-bond acceptors (Lipinski definition) is 4. The van der Waals surface area contributed by atoms with Gasteiger partial charge >= 0.3 is 12.1 Å². The molecule has 0 unspecified atom stereocenters. The van der Waals surface area contributed by atoms with E-state index >= 15 is 0 Å². The number of nitrogens with two attached hydrogens (primary N) is 2. The van der Waals surface area contributed by atoms with Gasteiger partial charge < -0.3 is 11.5 Å². The molecule has 4 amide bonds. The molecule has 8 nitrogen and oxygen atoms in total. The summed E-state index contributed by atoms with van der Waals surface area (Å²) in [6.07, 6.45) is 0. The van der Waals surface area contributed by atoms with Gasteiger partial charge in [0.15, 0.2) is 0 Å². The molecule has 0 aliphatic heterocycles. The van der Waals surface area contributed by atoms with Crippen molar-refractivity contribution in [3.63, 3.8) is 0 Å². The van der Waals surface area contributed by atoms with Crippen LogP contribution in [0, 0.1) is 0 Å². The van der Waals surface area contributed by atoms with E-state index in [9.17, 15) is 9.59 Å². The average molecular weight is 200 g/mol. The molecule has 14 heavy (non-hydrogen) atoms. The maximum absolute atomic E-state index is 10.3. The monoisotopic (exact) mass is 200 g/mol. The lowest BCUT2D eigenvalue weighted by atomic mass is 10.3. The average Bonchev–Trinajstić information content (AvgIpc) is 2.09. The fraction of sp³-hybridized carbons (Fsp3) is 0.333. The Balaban J connectivity index is 4.29. The molecule has 78 valence electrons. The van der Waals surface area contributed by atoms with Gasteiger partial charge in [0.2, 0.25) is 0 Å². The van der Waals surface area contributed by atoms with E-state index in [1.807, 2.05) is 10.9 Å². The molecule has 0 bridgehead atoms. The van der Waals surface area contributed by atoms with Crippen molar-refractivity contribution in [2.45, 2.75) is 13.8 Å². The minimum absolute atomic E-state index is 0.401. The molecule has 0 atom stereocenters. The van der Waals surface area contributed by atoms with E-state index in [4.69, 9.17) is 11.5 Å². The van der Waals surface area contributed by atoms with Gasteiger partial charge in [0.05, 0.1) is 11.4 Å². The Hall–Kier alpha value is -2.12. The van der Waals surface area contributed by atoms with Gasteiger partial charge in [0.25, 0.3) is 0 Å². The highest BCUT2D eigenvalue weighted by atomic mass is 16.2. The molecular formula is C6H12N6O2. The summed E-state index contributed by atoms with van der Waals surface area (Å²) in [5.41, 5.74) is 14.4. The Kier molecular flexibility index (Phi) is 4.68. The van der Waals surface area contributed by atoms with Gasteiger partial charge in [-0.05, 0) is 13.8 Å². The minimum atomic E-state index is -0.778. The van der Waals surface area contributed by atoms with Gasteiger partial charge in [-0.2, -0.15) is 10.2 Å². The molecule has 0 saturated carbocycles. The van der Waals surface area contributed by atoms with Gasteiger partial charge in [-0.1, -0.05) is 0 Å². The van der Waals surface area contributed by atoms with Gasteiger partial charge in [-0.3, -0.25) is 0 Å². The van der Waals surface area contributed by atoms with E-state index in [-0.39, 0.29) is 0 Å². The highest BCUT2D eigenvalue weighted by Gasteiger charge is 1.98. The van der Waals surface area contributed by atoms with Crippen molar-refractivity contribution in [2.75, 3.05) is 0 Å². The molecule has 0 spiro atoms. The van der Waals surface area contributed by atoms with Crippen molar-refractivity contribution >= 4 is 23.5 Å². The van der Waals surface area contributed by atoms with Crippen LogP contribution in [0.1, 0.15) is 13.8 Å². The first-order chi connectivity index (χ1) is 6.43. The van der Waals surface area contributed by atoms with E-state index in [1.165, 1.54) is 0 Å². The number of hydrogen-bond donors (Lipinski definition) is 4. The first kappa shape index (κ1) is 11.9. The zero-order valence-corrected chi connectivity index (χ0v) is 7.87. The van der Waals surface area contributed by atoms with Crippen LogP contribution in [0.25, 0.3) is 0 Å². The van der Waals surface area contributed by atoms with Crippen LogP contribution in [0.4, 0.5) is 9.59 Å². The van der Waals surface area contributed by atoms with E-state index < -0.39 is 12.1 Å². The van der Waals surface area contributed by atoms with Gasteiger partial charge in [0, 0.05) is 0 Å². The van der Waals surface area contributed by atoms with Crippen LogP contribution < -0.4 is 22.3 Å². The second kappa shape index (κ2) is 5.51. The van der Waals surface area contributed by atoms with Crippen molar-refractivity contribution in [1.29, 1.82) is 0 Å². The SMILES string of the molecule is CC(=NNC(N)=O)C(C)=NNC(N)=O. The van der Waals surface area contributed by atoms with Gasteiger partial charge in [0.1, 0.15) is 0 Å². The third-order valence-electron chi connectivity index (χ3n) is 1.19. The summed E-state index contributed by atoms with van der Waals surface area (Å²) in [6.45, 7) is 3.16. The van der Waals surface area contributed by atoms with Crippen LogP contribution in [0.5, 0.6) is 0 Å². The summed E-state index contributed by atoms with van der Waals surface area (Å²) in [7, 11) is 0. The first-order valence-corrected chi connectivity index (χ1v) is 3.63. The fourth-order valence-corrected chi connectivity index (χ4v) is 0.440. The Bertz CT molecular complexity index is 265. The Labute approximate surface area is 80.4 Å². The maximum atomic E-state index is 10.3. The van der Waals surface area contributed by atoms with Crippen LogP contribution in [-0.4, -0.2) is 23.5 Å². The van der Waals surface area contributed by atoms with E-state index in [0.29, 0.717) is 11.4 Å². The highest BCUT2D eigenvalue weighted by molar-refractivity contribution is 6.40. The summed E-state index contributed by atoms with van der Waals surface area (Å²) in [4.78, 5) is 20.5. The molecule has 0 aromatic rings. The summed E-state index contributed by atoms with van der Waals surface area (Å²) in [6, 6.07) is -1.56. The highest BCUT2D eigenvalue weighted by Crippen LogP contribution is 1.81. The van der Waals surface area contributed by atoms with Crippen molar-refractivity contribution in [2.24, 2.45) is 21.7 Å². The lowest BCUT2D eigenvalue weighted by Crippen LogP contribution is -2.29. The first-order valence-electron chi connectivity index (χ1n) is 3.63. The Morgan fingerprint density at radius 1 is 0.929 bits per heavy atom. The summed E-state index contributed by atoms with van der Waals surface area (Å²) in [5.74, 6) is 0. The van der Waals surface area contributed by atoms with Gasteiger partial charge in [-0.25, -0.2) is 20.4 Å². The Morgan fingerprint density at radius 2 is 1.21 bits per heavy atom. The van der Waals surface area contributed by atoms with Crippen LogP contribution in [0.15, 0.2) is 10.2 Å². The second-order valence-electron chi connectivity index (χ2n) is 2.35. The van der Waals surface area contributed by atoms with E-state index in [0.717, 1.165) is 0 Å². The lowest BCUT2D eigenvalue weighted by Gasteiger charge is -1.99. The quantitative estimate of drug-likeness (QED) is 0.346. The normalized spacial score (nSPS) is 12.1. The Morgan fingerprint density at radius 3 is 1.43 bits per heavy atom. The predicted octanol–water partition coefficient (Wildman–Crippen LogP) is -0.925. The standard InChI is InChI=1S/C6H12N6O2/c1-3(9-11-5(7)13)4(2)10-12-6(8)14/h1-2H3,(H3,7,11,13)(H3,8,12,14). The van der Waals surface area contributed by atoms with Crippen LogP contribution in [-0.2, 0) is 0 Å². The third kappa shape index (κ3) is 5.52. The van der Waals surface area contributed by atoms with Crippen molar-refractivity contribution in [3.05, 3.63) is 0 Å². The number of urea groups is 2. The van der Waals surface area contributed by atoms with Crippen molar-refractivity contribution in [1.82, 2.24) is 10.9 Å². The fourth-order valence-electron chi connectivity index (χ4n) is 0.440. The number of hydrazone groups is 2. The molecule has 0 heterocycles. The number of amides is 4. The molecule has 6 N–H and O–H groups in total. The zero-order chi connectivity index (χ0) is 11.1. The lowest BCUT2D eigenvalue weighted by molar-refractivity contribution is 0.248. The number of rotatable bonds is 3. The van der Waals surface area contributed by atoms with Gasteiger partial charge in [-0.15, -0.1) is 0 Å². The van der Waals surface area contributed by atoms with Crippen molar-refractivity contribution in [3.8, 4) is 0 Å². The van der Waals surface area contributed by atoms with Crippen LogP contribution >= 0.6 is 0 Å². The molecule has 0 aliphatic rings.